The number of anilines is 1. The number of halogens is 2. The molecule has 3 aromatic rings. The quantitative estimate of drug-likeness (QED) is 0.651. The number of thiazole rings is 1. The summed E-state index contributed by atoms with van der Waals surface area (Å²) in [6, 6.07) is 9.09. The third-order valence-electron chi connectivity index (χ3n) is 3.01. The zero-order valence-electron chi connectivity index (χ0n) is 11.8. The summed E-state index contributed by atoms with van der Waals surface area (Å²) >= 11 is 14.3. The highest BCUT2D eigenvalue weighted by Gasteiger charge is 2.16. The molecule has 118 valence electrons. The Morgan fingerprint density at radius 2 is 2.00 bits per heavy atom. The van der Waals surface area contributed by atoms with Crippen LogP contribution in [0.1, 0.15) is 10.4 Å². The summed E-state index contributed by atoms with van der Waals surface area (Å²) in [5.74, 6) is 0.454. The largest absolute Gasteiger partial charge is 0.497 e. The topological polar surface area (TPSA) is 51.2 Å². The minimum Gasteiger partial charge on any atom is -0.497 e. The Kier molecular flexibility index (Phi) is 4.87. The zero-order chi connectivity index (χ0) is 16.4. The predicted molar refractivity (Wildman–Crippen MR) is 96.4 cm³/mol. The summed E-state index contributed by atoms with van der Waals surface area (Å²) in [6.07, 6.45) is 0. The van der Waals surface area contributed by atoms with Gasteiger partial charge in [0.1, 0.15) is 10.1 Å². The van der Waals surface area contributed by atoms with Crippen LogP contribution in [0, 0.1) is 0 Å². The molecule has 2 aromatic heterocycles. The first-order chi connectivity index (χ1) is 11.1. The first-order valence-electron chi connectivity index (χ1n) is 6.43. The second-order valence-electron chi connectivity index (χ2n) is 4.46. The number of carbonyl (C=O) groups is 1. The first-order valence-corrected chi connectivity index (χ1v) is 8.88. The van der Waals surface area contributed by atoms with Crippen LogP contribution in [-0.4, -0.2) is 18.0 Å². The second kappa shape index (κ2) is 6.88. The fourth-order valence-electron chi connectivity index (χ4n) is 1.89. The van der Waals surface area contributed by atoms with Gasteiger partial charge in [-0.25, -0.2) is 4.98 Å². The average molecular weight is 385 g/mol. The van der Waals surface area contributed by atoms with Gasteiger partial charge in [0, 0.05) is 10.9 Å². The van der Waals surface area contributed by atoms with Crippen LogP contribution >= 0.6 is 45.9 Å². The summed E-state index contributed by atoms with van der Waals surface area (Å²) in [5, 5.41) is 5.11. The summed E-state index contributed by atoms with van der Waals surface area (Å²) in [5.41, 5.74) is 2.07. The highest BCUT2D eigenvalue weighted by molar-refractivity contribution is 7.20. The van der Waals surface area contributed by atoms with E-state index in [0.717, 1.165) is 28.3 Å². The number of hydrogen-bond acceptors (Lipinski definition) is 5. The van der Waals surface area contributed by atoms with Gasteiger partial charge in [-0.2, -0.15) is 0 Å². The van der Waals surface area contributed by atoms with Crippen LogP contribution in [0.4, 0.5) is 5.13 Å². The van der Waals surface area contributed by atoms with Gasteiger partial charge < -0.3 is 4.74 Å². The Morgan fingerprint density at radius 1 is 1.26 bits per heavy atom. The lowest BCUT2D eigenvalue weighted by atomic mass is 10.2. The number of methoxy groups -OCH3 is 1. The molecule has 0 aliphatic heterocycles. The SMILES string of the molecule is COc1ccc(-c2csc(NC(=O)c3cc(Cl)sc3Cl)n2)cc1. The van der Waals surface area contributed by atoms with Crippen molar-refractivity contribution in [2.75, 3.05) is 12.4 Å². The molecule has 1 aromatic carbocycles. The first kappa shape index (κ1) is 16.3. The van der Waals surface area contributed by atoms with Gasteiger partial charge in [-0.1, -0.05) is 23.2 Å². The molecule has 0 bridgehead atoms. The van der Waals surface area contributed by atoms with Gasteiger partial charge in [0.25, 0.3) is 5.91 Å². The fourth-order valence-corrected chi connectivity index (χ4v) is 4.06. The molecule has 0 unspecified atom stereocenters. The van der Waals surface area contributed by atoms with Gasteiger partial charge in [0.15, 0.2) is 5.13 Å². The number of hydrogen-bond donors (Lipinski definition) is 1. The molecule has 0 spiro atoms. The molecule has 0 aliphatic carbocycles. The number of amides is 1. The maximum atomic E-state index is 12.2. The second-order valence-corrected chi connectivity index (χ2v) is 7.60. The van der Waals surface area contributed by atoms with Crippen LogP contribution in [0.3, 0.4) is 0 Å². The number of thiophene rings is 1. The lowest BCUT2D eigenvalue weighted by molar-refractivity contribution is 0.102. The van der Waals surface area contributed by atoms with Crippen molar-refractivity contribution in [1.29, 1.82) is 0 Å². The van der Waals surface area contributed by atoms with Crippen LogP contribution < -0.4 is 10.1 Å². The molecule has 1 amide bonds. The highest BCUT2D eigenvalue weighted by atomic mass is 35.5. The van der Waals surface area contributed by atoms with Gasteiger partial charge in [-0.3, -0.25) is 10.1 Å². The predicted octanol–water partition coefficient (Wildman–Crippen LogP) is 5.44. The van der Waals surface area contributed by atoms with E-state index in [2.05, 4.69) is 10.3 Å². The number of nitrogens with zero attached hydrogens (tertiary/aromatic N) is 1. The summed E-state index contributed by atoms with van der Waals surface area (Å²) in [6.45, 7) is 0. The summed E-state index contributed by atoms with van der Waals surface area (Å²) < 4.78 is 5.96. The Bertz CT molecular complexity index is 844. The van der Waals surface area contributed by atoms with E-state index in [1.54, 1.807) is 13.2 Å². The third-order valence-corrected chi connectivity index (χ3v) is 5.26. The van der Waals surface area contributed by atoms with Crippen LogP contribution in [0.2, 0.25) is 8.67 Å². The number of rotatable bonds is 4. The summed E-state index contributed by atoms with van der Waals surface area (Å²) in [4.78, 5) is 16.6. The minimum atomic E-state index is -0.325. The number of carbonyl (C=O) groups excluding carboxylic acids is 1. The Morgan fingerprint density at radius 3 is 2.61 bits per heavy atom. The molecule has 23 heavy (non-hydrogen) atoms. The third kappa shape index (κ3) is 3.67. The molecule has 4 nitrogen and oxygen atoms in total. The molecular weight excluding hydrogens is 375 g/mol. The monoisotopic (exact) mass is 384 g/mol. The number of ether oxygens (including phenoxy) is 1. The van der Waals surface area contributed by atoms with Crippen molar-refractivity contribution in [3.05, 3.63) is 49.9 Å². The molecule has 0 fully saturated rings. The van der Waals surface area contributed by atoms with Crippen LogP contribution in [-0.2, 0) is 0 Å². The van der Waals surface area contributed by atoms with Crippen molar-refractivity contribution in [1.82, 2.24) is 4.98 Å². The Hall–Kier alpha value is -1.60. The molecular formula is C15H10Cl2N2O2S2. The number of aromatic nitrogens is 1. The number of nitrogens with one attached hydrogen (secondary N) is 1. The van der Waals surface area contributed by atoms with E-state index in [4.69, 9.17) is 27.9 Å². The maximum Gasteiger partial charge on any atom is 0.259 e. The molecule has 0 aliphatic rings. The number of benzene rings is 1. The maximum absolute atomic E-state index is 12.2. The van der Waals surface area contributed by atoms with Gasteiger partial charge in [0.05, 0.1) is 22.7 Å². The highest BCUT2D eigenvalue weighted by Crippen LogP contribution is 2.32. The summed E-state index contributed by atoms with van der Waals surface area (Å²) in [7, 11) is 1.62. The molecule has 0 atom stereocenters. The molecule has 8 heteroatoms. The van der Waals surface area contributed by atoms with Crippen LogP contribution in [0.25, 0.3) is 11.3 Å². The van der Waals surface area contributed by atoms with Crippen molar-refractivity contribution in [3.63, 3.8) is 0 Å². The minimum absolute atomic E-state index is 0.325. The van der Waals surface area contributed by atoms with Crippen molar-refractivity contribution < 1.29 is 9.53 Å². The van der Waals surface area contributed by atoms with Gasteiger partial charge in [0.2, 0.25) is 0 Å². The standard InChI is InChI=1S/C15H10Cl2N2O2S2/c1-21-9-4-2-8(3-5-9)11-7-22-15(18-11)19-14(20)10-6-12(16)23-13(10)17/h2-7H,1H3,(H,18,19,20). The van der Waals surface area contributed by atoms with Crippen molar-refractivity contribution in [2.24, 2.45) is 0 Å². The normalized spacial score (nSPS) is 10.6. The van der Waals surface area contributed by atoms with E-state index in [9.17, 15) is 4.79 Å². The van der Waals surface area contributed by atoms with Gasteiger partial charge in [-0.05, 0) is 30.3 Å². The molecule has 0 saturated carbocycles. The lowest BCUT2D eigenvalue weighted by Gasteiger charge is -2.01. The molecule has 3 rings (SSSR count). The van der Waals surface area contributed by atoms with E-state index < -0.39 is 0 Å². The van der Waals surface area contributed by atoms with E-state index >= 15 is 0 Å². The zero-order valence-corrected chi connectivity index (χ0v) is 14.9. The van der Waals surface area contributed by atoms with Crippen molar-refractivity contribution >= 4 is 56.9 Å². The molecule has 0 radical (unpaired) electrons. The Balaban J connectivity index is 1.76. The molecule has 1 N–H and O–H groups in total. The van der Waals surface area contributed by atoms with Crippen LogP contribution in [0.5, 0.6) is 5.75 Å². The smallest absolute Gasteiger partial charge is 0.259 e. The van der Waals surface area contributed by atoms with E-state index in [1.165, 1.54) is 11.3 Å². The van der Waals surface area contributed by atoms with Crippen LogP contribution in [0.15, 0.2) is 35.7 Å². The van der Waals surface area contributed by atoms with Crippen molar-refractivity contribution in [3.8, 4) is 17.0 Å². The van der Waals surface area contributed by atoms with Gasteiger partial charge in [-0.15, -0.1) is 22.7 Å². The van der Waals surface area contributed by atoms with E-state index in [-0.39, 0.29) is 5.91 Å². The molecule has 0 saturated heterocycles. The fraction of sp³-hybridized carbons (Fsp3) is 0.0667. The molecule has 2 heterocycles. The average Bonchev–Trinajstić information content (AvgIpc) is 3.13. The van der Waals surface area contributed by atoms with E-state index in [0.29, 0.717) is 19.4 Å². The van der Waals surface area contributed by atoms with E-state index in [1.807, 2.05) is 29.6 Å². The van der Waals surface area contributed by atoms with Crippen molar-refractivity contribution in [2.45, 2.75) is 0 Å². The lowest BCUT2D eigenvalue weighted by Crippen LogP contribution is -2.11. The van der Waals surface area contributed by atoms with Gasteiger partial charge >= 0.3 is 0 Å². The Labute approximate surface area is 150 Å².